The number of fused-ring (bicyclic) bond motifs is 4. The first-order valence-corrected chi connectivity index (χ1v) is 14.7. The summed E-state index contributed by atoms with van der Waals surface area (Å²) in [5.74, 6) is 0.0644. The molecule has 0 aliphatic carbocycles. The number of rotatable bonds is 7. The quantitative estimate of drug-likeness (QED) is 0.224. The van der Waals surface area contributed by atoms with Gasteiger partial charge in [-0.25, -0.2) is 0 Å². The largest absolute Gasteiger partial charge is 0.490 e. The van der Waals surface area contributed by atoms with Crippen LogP contribution in [0.15, 0.2) is 59.1 Å². The van der Waals surface area contributed by atoms with Gasteiger partial charge in [-0.2, -0.15) is 0 Å². The van der Waals surface area contributed by atoms with Gasteiger partial charge in [0.25, 0.3) is 11.9 Å². The predicted molar refractivity (Wildman–Crippen MR) is 156 cm³/mol. The maximum absolute atomic E-state index is 13.7. The summed E-state index contributed by atoms with van der Waals surface area (Å²) in [7, 11) is 0. The van der Waals surface area contributed by atoms with Crippen LogP contribution in [0.1, 0.15) is 42.4 Å². The number of para-hydroxylation sites is 1. The molecular weight excluding hydrogens is 621 g/mol. The van der Waals surface area contributed by atoms with E-state index < -0.39 is 17.5 Å². The highest BCUT2D eigenvalue weighted by atomic mass is 79.9. The zero-order valence-corrected chi connectivity index (χ0v) is 24.6. The average Bonchev–Trinajstić information content (AvgIpc) is 3.58. The van der Waals surface area contributed by atoms with Crippen LogP contribution in [-0.2, 0) is 16.9 Å². The van der Waals surface area contributed by atoms with E-state index in [4.69, 9.17) is 32.7 Å². The number of hydrogen-bond donors (Lipinski definition) is 1. The van der Waals surface area contributed by atoms with Gasteiger partial charge in [0.05, 0.1) is 27.0 Å². The summed E-state index contributed by atoms with van der Waals surface area (Å²) in [5, 5.41) is 16.7. The zero-order chi connectivity index (χ0) is 28.2. The van der Waals surface area contributed by atoms with Gasteiger partial charge in [-0.1, -0.05) is 47.5 Å². The van der Waals surface area contributed by atoms with Gasteiger partial charge in [-0.15, -0.1) is 0 Å². The van der Waals surface area contributed by atoms with Crippen LogP contribution >= 0.6 is 39.1 Å². The lowest BCUT2D eigenvalue weighted by Crippen LogP contribution is -2.55. The number of nitrogens with one attached hydrogen (secondary N) is 1. The van der Waals surface area contributed by atoms with E-state index >= 15 is 0 Å². The van der Waals surface area contributed by atoms with E-state index in [1.54, 1.807) is 18.2 Å². The standard InChI is InChI=1S/C29H26BrCl2N3O5/c1-2-39-24-14-17(13-19(30)26(24)40-15-16-9-10-20(31)21(32)12-16)25-23-8-5-11-34(23)29(27(25)35(37)38)18-6-3-4-7-22(18)33-28(29)36/h3-4,6-7,9-10,12-14,23,25,27H,2,5,8,11,15H2,1H3,(H,33,36)/t23-,25+,27-,29+/m0/s1. The summed E-state index contributed by atoms with van der Waals surface area (Å²) in [6.45, 7) is 3.06. The summed E-state index contributed by atoms with van der Waals surface area (Å²) < 4.78 is 12.7. The molecule has 0 saturated carbocycles. The van der Waals surface area contributed by atoms with Crippen molar-refractivity contribution >= 4 is 50.7 Å². The zero-order valence-electron chi connectivity index (χ0n) is 21.5. The molecule has 4 atom stereocenters. The molecule has 0 radical (unpaired) electrons. The Kier molecular flexibility index (Phi) is 7.19. The van der Waals surface area contributed by atoms with E-state index in [0.717, 1.165) is 24.0 Å². The third kappa shape index (κ3) is 4.17. The normalized spacial score (nSPS) is 25.1. The Morgan fingerprint density at radius 1 is 1.15 bits per heavy atom. The van der Waals surface area contributed by atoms with Crippen molar-refractivity contribution in [3.05, 3.63) is 95.9 Å². The minimum absolute atomic E-state index is 0.184. The van der Waals surface area contributed by atoms with Crippen molar-refractivity contribution in [1.29, 1.82) is 0 Å². The number of nitro groups is 1. The third-order valence-electron chi connectivity index (χ3n) is 8.18. The molecule has 40 heavy (non-hydrogen) atoms. The molecule has 3 aliphatic rings. The summed E-state index contributed by atoms with van der Waals surface area (Å²) >= 11 is 15.9. The predicted octanol–water partition coefficient (Wildman–Crippen LogP) is 6.79. The Morgan fingerprint density at radius 3 is 2.70 bits per heavy atom. The number of carbonyl (C=O) groups excluding carboxylic acids is 1. The Morgan fingerprint density at radius 2 is 1.95 bits per heavy atom. The van der Waals surface area contributed by atoms with Crippen molar-refractivity contribution in [3.8, 4) is 11.5 Å². The second-order valence-electron chi connectivity index (χ2n) is 10.2. The third-order valence-corrected chi connectivity index (χ3v) is 9.51. The van der Waals surface area contributed by atoms with Crippen molar-refractivity contribution in [1.82, 2.24) is 4.90 Å². The molecule has 3 aliphatic heterocycles. The van der Waals surface area contributed by atoms with E-state index in [9.17, 15) is 14.9 Å². The van der Waals surface area contributed by atoms with Gasteiger partial charge in [0.1, 0.15) is 6.61 Å². The first-order valence-electron chi connectivity index (χ1n) is 13.1. The van der Waals surface area contributed by atoms with Crippen LogP contribution in [0.25, 0.3) is 0 Å². The Balaban J connectivity index is 1.43. The summed E-state index contributed by atoms with van der Waals surface area (Å²) in [6, 6.07) is 14.9. The molecule has 3 aromatic rings. The molecule has 3 heterocycles. The highest BCUT2D eigenvalue weighted by Crippen LogP contribution is 2.58. The SMILES string of the molecule is CCOc1cc([C@H]2[C@H]([N+](=O)[O-])[C@]3(C(=O)Nc4ccccc43)N3CCC[C@@H]23)cc(Br)c1OCc1ccc(Cl)c(Cl)c1. The van der Waals surface area contributed by atoms with Crippen LogP contribution in [0.2, 0.25) is 10.0 Å². The van der Waals surface area contributed by atoms with E-state index in [1.807, 2.05) is 43.3 Å². The topological polar surface area (TPSA) is 93.9 Å². The fourth-order valence-corrected chi connectivity index (χ4v) is 7.64. The molecule has 0 aromatic heterocycles. The number of anilines is 1. The number of nitrogens with zero attached hydrogens (tertiary/aromatic N) is 2. The Labute approximate surface area is 249 Å². The van der Waals surface area contributed by atoms with E-state index in [1.165, 1.54) is 0 Å². The first-order chi connectivity index (χ1) is 19.3. The minimum Gasteiger partial charge on any atom is -0.490 e. The van der Waals surface area contributed by atoms with E-state index in [0.29, 0.717) is 50.4 Å². The maximum Gasteiger partial charge on any atom is 0.256 e. The first kappa shape index (κ1) is 27.3. The van der Waals surface area contributed by atoms with Crippen molar-refractivity contribution in [2.24, 2.45) is 0 Å². The minimum atomic E-state index is -1.38. The molecule has 1 N–H and O–H groups in total. The average molecular weight is 647 g/mol. The van der Waals surface area contributed by atoms with Gasteiger partial charge in [0.2, 0.25) is 0 Å². The lowest BCUT2D eigenvalue weighted by atomic mass is 9.77. The van der Waals surface area contributed by atoms with Gasteiger partial charge >= 0.3 is 0 Å². The van der Waals surface area contributed by atoms with Gasteiger partial charge in [-0.3, -0.25) is 19.8 Å². The second-order valence-corrected chi connectivity index (χ2v) is 11.9. The van der Waals surface area contributed by atoms with E-state index in [-0.39, 0.29) is 23.5 Å². The molecule has 0 bridgehead atoms. The molecule has 11 heteroatoms. The van der Waals surface area contributed by atoms with Crippen molar-refractivity contribution in [2.75, 3.05) is 18.5 Å². The highest BCUT2D eigenvalue weighted by Gasteiger charge is 2.73. The maximum atomic E-state index is 13.7. The fraction of sp³-hybridized carbons (Fsp3) is 0.345. The van der Waals surface area contributed by atoms with Gasteiger partial charge < -0.3 is 14.8 Å². The van der Waals surface area contributed by atoms with Crippen LogP contribution < -0.4 is 14.8 Å². The molecule has 208 valence electrons. The Bertz CT molecular complexity index is 1520. The molecule has 0 unspecified atom stereocenters. The van der Waals surface area contributed by atoms with Crippen LogP contribution in [-0.4, -0.2) is 41.0 Å². The van der Waals surface area contributed by atoms with E-state index in [2.05, 4.69) is 26.1 Å². The van der Waals surface area contributed by atoms with Crippen molar-refractivity contribution in [3.63, 3.8) is 0 Å². The second kappa shape index (κ2) is 10.5. The lowest BCUT2D eigenvalue weighted by Gasteiger charge is -2.32. The summed E-state index contributed by atoms with van der Waals surface area (Å²) in [6.07, 6.45) is 1.61. The monoisotopic (exact) mass is 645 g/mol. The molecule has 8 nitrogen and oxygen atoms in total. The molecule has 6 rings (SSSR count). The van der Waals surface area contributed by atoms with Gasteiger partial charge in [-0.05, 0) is 77.2 Å². The lowest BCUT2D eigenvalue weighted by molar-refractivity contribution is -0.534. The van der Waals surface area contributed by atoms with Crippen LogP contribution in [0.4, 0.5) is 5.69 Å². The molecule has 3 aromatic carbocycles. The van der Waals surface area contributed by atoms with Gasteiger partial charge in [0.15, 0.2) is 17.0 Å². The number of halogens is 3. The molecule has 1 spiro atoms. The van der Waals surface area contributed by atoms with Crippen LogP contribution in [0.5, 0.6) is 11.5 Å². The number of amides is 1. The summed E-state index contributed by atoms with van der Waals surface area (Å²) in [5.41, 5.74) is 1.47. The van der Waals surface area contributed by atoms with Gasteiger partial charge in [0, 0.05) is 28.8 Å². The number of hydrogen-bond acceptors (Lipinski definition) is 6. The molecular formula is C29H26BrCl2N3O5. The molecule has 2 saturated heterocycles. The number of ether oxygens (including phenoxy) is 2. The smallest absolute Gasteiger partial charge is 0.256 e. The van der Waals surface area contributed by atoms with Crippen LogP contribution in [0, 0.1) is 10.1 Å². The van der Waals surface area contributed by atoms with Crippen molar-refractivity contribution < 1.29 is 19.2 Å². The number of benzene rings is 3. The fourth-order valence-electron chi connectivity index (χ4n) is 6.74. The molecule has 1 amide bonds. The number of carbonyl (C=O) groups is 1. The van der Waals surface area contributed by atoms with Crippen LogP contribution in [0.3, 0.4) is 0 Å². The Hall–Kier alpha value is -2.85. The van der Waals surface area contributed by atoms with Crippen molar-refractivity contribution in [2.45, 2.75) is 49.9 Å². The molecule has 2 fully saturated rings. The summed E-state index contributed by atoms with van der Waals surface area (Å²) in [4.78, 5) is 28.4. The highest BCUT2D eigenvalue weighted by molar-refractivity contribution is 9.10.